The van der Waals surface area contributed by atoms with Crippen LogP contribution in [0, 0.1) is 0 Å². The normalized spacial score (nSPS) is 27.2. The first kappa shape index (κ1) is 15.7. The molecule has 0 aromatic carbocycles. The smallest absolute Gasteiger partial charge is 0.371 e. The van der Waals surface area contributed by atoms with Crippen LogP contribution in [-0.4, -0.2) is 56.0 Å². The molecule has 0 aromatic heterocycles. The van der Waals surface area contributed by atoms with Crippen molar-refractivity contribution in [3.05, 3.63) is 0 Å². The van der Waals surface area contributed by atoms with E-state index in [1.807, 2.05) is 0 Å². The Morgan fingerprint density at radius 3 is 2.72 bits per heavy atom. The predicted octanol–water partition coefficient (Wildman–Crippen LogP) is 2.03. The average Bonchev–Trinajstić information content (AvgIpc) is 2.46. The van der Waals surface area contributed by atoms with E-state index in [9.17, 15) is 13.2 Å². The molecular weight excluding hydrogens is 245 g/mol. The maximum Gasteiger partial charge on any atom is 0.411 e. The van der Waals surface area contributed by atoms with Gasteiger partial charge in [0.05, 0.1) is 6.61 Å². The molecule has 0 aromatic rings. The first-order valence-electron chi connectivity index (χ1n) is 6.46. The van der Waals surface area contributed by atoms with Crippen molar-refractivity contribution in [3.63, 3.8) is 0 Å². The van der Waals surface area contributed by atoms with Crippen LogP contribution in [0.15, 0.2) is 0 Å². The van der Waals surface area contributed by atoms with E-state index < -0.39 is 12.8 Å². The van der Waals surface area contributed by atoms with Crippen LogP contribution in [0.4, 0.5) is 13.2 Å². The Morgan fingerprint density at radius 1 is 1.39 bits per heavy atom. The van der Waals surface area contributed by atoms with E-state index >= 15 is 0 Å². The topological polar surface area (TPSA) is 24.5 Å². The zero-order chi connectivity index (χ0) is 13.6. The summed E-state index contributed by atoms with van der Waals surface area (Å²) < 4.78 is 40.4. The van der Waals surface area contributed by atoms with Gasteiger partial charge in [-0.2, -0.15) is 13.2 Å². The van der Waals surface area contributed by atoms with Crippen molar-refractivity contribution >= 4 is 0 Å². The van der Waals surface area contributed by atoms with E-state index in [-0.39, 0.29) is 12.1 Å². The lowest BCUT2D eigenvalue weighted by molar-refractivity contribution is -0.174. The third kappa shape index (κ3) is 6.02. The van der Waals surface area contributed by atoms with Gasteiger partial charge in [-0.05, 0) is 32.9 Å². The van der Waals surface area contributed by atoms with Gasteiger partial charge in [0.1, 0.15) is 6.61 Å². The fraction of sp³-hybridized carbons (Fsp3) is 1.00. The average molecular weight is 268 g/mol. The van der Waals surface area contributed by atoms with E-state index in [2.05, 4.69) is 28.8 Å². The molecule has 1 heterocycles. The third-order valence-corrected chi connectivity index (χ3v) is 3.37. The Morgan fingerprint density at radius 2 is 2.11 bits per heavy atom. The molecule has 1 atom stereocenters. The summed E-state index contributed by atoms with van der Waals surface area (Å²) in [6.07, 6.45) is -2.19. The molecule has 1 aliphatic heterocycles. The maximum absolute atomic E-state index is 11.9. The molecule has 0 spiro atoms. The minimum Gasteiger partial charge on any atom is -0.371 e. The fourth-order valence-corrected chi connectivity index (χ4v) is 2.13. The highest BCUT2D eigenvalue weighted by molar-refractivity contribution is 4.87. The molecule has 1 unspecified atom stereocenters. The Hall–Kier alpha value is -0.330. The molecule has 0 radical (unpaired) electrons. The Kier molecular flexibility index (Phi) is 5.88. The Bertz CT molecular complexity index is 248. The number of rotatable bonds is 5. The van der Waals surface area contributed by atoms with E-state index in [0.717, 1.165) is 32.5 Å². The van der Waals surface area contributed by atoms with Crippen molar-refractivity contribution in [1.82, 2.24) is 10.2 Å². The predicted molar refractivity (Wildman–Crippen MR) is 64.6 cm³/mol. The van der Waals surface area contributed by atoms with Crippen molar-refractivity contribution in [3.8, 4) is 0 Å². The fourth-order valence-electron chi connectivity index (χ4n) is 2.13. The van der Waals surface area contributed by atoms with Crippen molar-refractivity contribution in [1.29, 1.82) is 0 Å². The molecule has 1 saturated heterocycles. The summed E-state index contributed by atoms with van der Waals surface area (Å²) in [5, 5.41) is 3.49. The highest BCUT2D eigenvalue weighted by Gasteiger charge is 2.29. The largest absolute Gasteiger partial charge is 0.411 e. The molecule has 3 nitrogen and oxygen atoms in total. The minimum atomic E-state index is -4.22. The molecule has 1 N–H and O–H groups in total. The van der Waals surface area contributed by atoms with Gasteiger partial charge in [-0.1, -0.05) is 6.92 Å². The molecule has 0 aliphatic carbocycles. The van der Waals surface area contributed by atoms with Gasteiger partial charge in [0.15, 0.2) is 0 Å². The lowest BCUT2D eigenvalue weighted by atomic mass is 9.99. The Labute approximate surface area is 107 Å². The second-order valence-corrected chi connectivity index (χ2v) is 5.14. The van der Waals surface area contributed by atoms with E-state index in [4.69, 9.17) is 0 Å². The SMILES string of the molecule is CCC1(C)CN(CCOCC(F)(F)F)CCCN1. The Balaban J connectivity index is 2.28. The van der Waals surface area contributed by atoms with Gasteiger partial charge < -0.3 is 10.1 Å². The summed E-state index contributed by atoms with van der Waals surface area (Å²) in [5.41, 5.74) is 0.0561. The van der Waals surface area contributed by atoms with Crippen LogP contribution in [0.5, 0.6) is 0 Å². The molecule has 1 aliphatic rings. The molecule has 6 heteroatoms. The van der Waals surface area contributed by atoms with Crippen LogP contribution in [0.3, 0.4) is 0 Å². The molecule has 0 amide bonds. The van der Waals surface area contributed by atoms with Crippen LogP contribution in [0.2, 0.25) is 0 Å². The molecule has 1 rings (SSSR count). The number of nitrogens with one attached hydrogen (secondary N) is 1. The van der Waals surface area contributed by atoms with Gasteiger partial charge in [-0.25, -0.2) is 0 Å². The third-order valence-electron chi connectivity index (χ3n) is 3.37. The monoisotopic (exact) mass is 268 g/mol. The number of nitrogens with zero attached hydrogens (tertiary/aromatic N) is 1. The lowest BCUT2D eigenvalue weighted by Crippen LogP contribution is -2.49. The van der Waals surface area contributed by atoms with Crippen LogP contribution in [0.1, 0.15) is 26.7 Å². The molecule has 108 valence electrons. The number of ether oxygens (including phenoxy) is 1. The second-order valence-electron chi connectivity index (χ2n) is 5.14. The lowest BCUT2D eigenvalue weighted by Gasteiger charge is -2.32. The summed E-state index contributed by atoms with van der Waals surface area (Å²) >= 11 is 0. The summed E-state index contributed by atoms with van der Waals surface area (Å²) in [6, 6.07) is 0. The summed E-state index contributed by atoms with van der Waals surface area (Å²) in [7, 11) is 0. The second kappa shape index (κ2) is 6.73. The maximum atomic E-state index is 11.9. The zero-order valence-corrected chi connectivity index (χ0v) is 11.1. The van der Waals surface area contributed by atoms with E-state index in [1.54, 1.807) is 0 Å². The first-order chi connectivity index (χ1) is 8.35. The van der Waals surface area contributed by atoms with Gasteiger partial charge >= 0.3 is 6.18 Å². The van der Waals surface area contributed by atoms with Crippen LogP contribution >= 0.6 is 0 Å². The number of alkyl halides is 3. The van der Waals surface area contributed by atoms with Crippen LogP contribution in [0.25, 0.3) is 0 Å². The van der Waals surface area contributed by atoms with Gasteiger partial charge in [0, 0.05) is 18.6 Å². The summed E-state index contributed by atoms with van der Waals surface area (Å²) in [4.78, 5) is 2.18. The van der Waals surface area contributed by atoms with Crippen LogP contribution in [-0.2, 0) is 4.74 Å². The zero-order valence-electron chi connectivity index (χ0n) is 11.1. The van der Waals surface area contributed by atoms with Gasteiger partial charge in [0.2, 0.25) is 0 Å². The van der Waals surface area contributed by atoms with Gasteiger partial charge in [-0.15, -0.1) is 0 Å². The van der Waals surface area contributed by atoms with Gasteiger partial charge in [-0.3, -0.25) is 4.90 Å². The van der Waals surface area contributed by atoms with Crippen molar-refractivity contribution in [2.45, 2.75) is 38.4 Å². The number of hydrogen-bond acceptors (Lipinski definition) is 3. The number of hydrogen-bond donors (Lipinski definition) is 1. The summed E-state index contributed by atoms with van der Waals surface area (Å²) in [6.45, 7) is 6.57. The number of halogens is 3. The molecular formula is C12H23F3N2O. The van der Waals surface area contributed by atoms with Crippen molar-refractivity contribution in [2.75, 3.05) is 39.4 Å². The molecule has 18 heavy (non-hydrogen) atoms. The highest BCUT2D eigenvalue weighted by atomic mass is 19.4. The first-order valence-corrected chi connectivity index (χ1v) is 6.46. The van der Waals surface area contributed by atoms with Crippen molar-refractivity contribution in [2.24, 2.45) is 0 Å². The minimum absolute atomic E-state index is 0.0561. The van der Waals surface area contributed by atoms with Crippen LogP contribution < -0.4 is 5.32 Å². The summed E-state index contributed by atoms with van der Waals surface area (Å²) in [5.74, 6) is 0. The molecule has 1 fully saturated rings. The highest BCUT2D eigenvalue weighted by Crippen LogP contribution is 2.16. The standard InChI is InChI=1S/C12H23F3N2O/c1-3-11(2)9-17(6-4-5-16-11)7-8-18-10-12(13,14)15/h16H,3-10H2,1-2H3. The van der Waals surface area contributed by atoms with Crippen molar-refractivity contribution < 1.29 is 17.9 Å². The quantitative estimate of drug-likeness (QED) is 0.772. The van der Waals surface area contributed by atoms with E-state index in [0.29, 0.717) is 6.54 Å². The molecule has 0 saturated carbocycles. The van der Waals surface area contributed by atoms with E-state index in [1.165, 1.54) is 0 Å². The molecule has 0 bridgehead atoms. The van der Waals surface area contributed by atoms with Gasteiger partial charge in [0.25, 0.3) is 0 Å².